The highest BCUT2D eigenvalue weighted by molar-refractivity contribution is 7.90. The topological polar surface area (TPSA) is 43.4 Å². The molecule has 0 atom stereocenters. The highest BCUT2D eigenvalue weighted by Gasteiger charge is 2.06. The van der Waals surface area contributed by atoms with Crippen LogP contribution in [0.3, 0.4) is 0 Å². The van der Waals surface area contributed by atoms with Crippen molar-refractivity contribution in [3.05, 3.63) is 54.6 Å². The van der Waals surface area contributed by atoms with Crippen LogP contribution in [0, 0.1) is 6.07 Å². The third-order valence-corrected chi connectivity index (χ3v) is 3.30. The third-order valence-electron chi connectivity index (χ3n) is 2.18. The lowest BCUT2D eigenvalue weighted by atomic mass is 10.3. The minimum absolute atomic E-state index is 0.284. The maximum atomic E-state index is 11.3. The van der Waals surface area contributed by atoms with E-state index in [9.17, 15) is 8.42 Å². The van der Waals surface area contributed by atoms with E-state index < -0.39 is 9.84 Å². The van der Waals surface area contributed by atoms with Crippen LogP contribution in [-0.2, 0) is 9.84 Å². The van der Waals surface area contributed by atoms with Gasteiger partial charge in [0.1, 0.15) is 11.5 Å². The molecule has 4 heteroatoms. The van der Waals surface area contributed by atoms with Crippen molar-refractivity contribution in [1.29, 1.82) is 0 Å². The van der Waals surface area contributed by atoms with Crippen molar-refractivity contribution in [3.63, 3.8) is 0 Å². The highest BCUT2D eigenvalue weighted by atomic mass is 32.2. The van der Waals surface area contributed by atoms with Gasteiger partial charge in [0.05, 0.1) is 4.90 Å². The quantitative estimate of drug-likeness (QED) is 0.837. The number of hydrogen-bond acceptors (Lipinski definition) is 3. The van der Waals surface area contributed by atoms with Crippen LogP contribution < -0.4 is 4.74 Å². The minimum atomic E-state index is -3.15. The van der Waals surface area contributed by atoms with Gasteiger partial charge in [0.2, 0.25) is 0 Å². The average Bonchev–Trinajstić information content (AvgIpc) is 2.30. The number of ether oxygens (including phenoxy) is 1. The van der Waals surface area contributed by atoms with Crippen LogP contribution in [0.1, 0.15) is 0 Å². The molecule has 0 amide bonds. The van der Waals surface area contributed by atoms with Gasteiger partial charge in [-0.1, -0.05) is 12.1 Å². The fourth-order valence-corrected chi connectivity index (χ4v) is 1.96. The largest absolute Gasteiger partial charge is 0.457 e. The molecule has 2 rings (SSSR count). The van der Waals surface area contributed by atoms with E-state index in [0.29, 0.717) is 11.5 Å². The summed E-state index contributed by atoms with van der Waals surface area (Å²) in [5, 5.41) is 0. The van der Waals surface area contributed by atoms with Crippen LogP contribution in [0.2, 0.25) is 0 Å². The summed E-state index contributed by atoms with van der Waals surface area (Å²) in [5.74, 6) is 1.29. The molecule has 17 heavy (non-hydrogen) atoms. The van der Waals surface area contributed by atoms with Crippen molar-refractivity contribution in [3.8, 4) is 11.5 Å². The van der Waals surface area contributed by atoms with Crippen LogP contribution in [-0.4, -0.2) is 14.7 Å². The number of hydrogen-bond donors (Lipinski definition) is 0. The molecule has 0 N–H and O–H groups in total. The van der Waals surface area contributed by atoms with Gasteiger partial charge in [-0.05, 0) is 42.5 Å². The molecule has 0 spiro atoms. The van der Waals surface area contributed by atoms with E-state index in [1.807, 2.05) is 0 Å². The second-order valence-electron chi connectivity index (χ2n) is 3.58. The minimum Gasteiger partial charge on any atom is -0.457 e. The summed E-state index contributed by atoms with van der Waals surface area (Å²) in [4.78, 5) is 0.284. The molecule has 2 aromatic rings. The molecule has 0 aliphatic rings. The van der Waals surface area contributed by atoms with Gasteiger partial charge < -0.3 is 4.74 Å². The van der Waals surface area contributed by atoms with Gasteiger partial charge in [0, 0.05) is 6.26 Å². The number of sulfone groups is 1. The Labute approximate surface area is 101 Å². The molecule has 0 heterocycles. The van der Waals surface area contributed by atoms with Crippen LogP contribution in [0.15, 0.2) is 53.4 Å². The Morgan fingerprint density at radius 3 is 2.00 bits per heavy atom. The first-order valence-electron chi connectivity index (χ1n) is 5.00. The zero-order chi connectivity index (χ0) is 12.3. The van der Waals surface area contributed by atoms with Crippen molar-refractivity contribution in [2.75, 3.05) is 6.26 Å². The fourth-order valence-electron chi connectivity index (χ4n) is 1.33. The highest BCUT2D eigenvalue weighted by Crippen LogP contribution is 2.22. The third kappa shape index (κ3) is 3.07. The molecule has 0 saturated heterocycles. The van der Waals surface area contributed by atoms with Crippen molar-refractivity contribution >= 4 is 9.84 Å². The van der Waals surface area contributed by atoms with E-state index in [-0.39, 0.29) is 4.90 Å². The molecule has 0 saturated carbocycles. The zero-order valence-electron chi connectivity index (χ0n) is 9.25. The van der Waals surface area contributed by atoms with Crippen LogP contribution in [0.4, 0.5) is 0 Å². The molecule has 3 nitrogen and oxygen atoms in total. The maximum absolute atomic E-state index is 11.3. The molecular formula is C13H11O3S. The summed E-state index contributed by atoms with van der Waals surface area (Å²) in [6.45, 7) is 0. The number of rotatable bonds is 3. The first-order valence-corrected chi connectivity index (χ1v) is 6.89. The Balaban J connectivity index is 2.20. The van der Waals surface area contributed by atoms with E-state index in [1.165, 1.54) is 18.4 Å². The lowest BCUT2D eigenvalue weighted by Crippen LogP contribution is -1.96. The van der Waals surface area contributed by atoms with Gasteiger partial charge in [-0.25, -0.2) is 8.42 Å². The molecule has 0 unspecified atom stereocenters. The van der Waals surface area contributed by atoms with Gasteiger partial charge in [-0.15, -0.1) is 0 Å². The fraction of sp³-hybridized carbons (Fsp3) is 0.0769. The standard InChI is InChI=1S/C13H11O3S/c1-17(14,15)13-9-7-12(8-10-13)16-11-5-3-2-4-6-11/h3-10H,1H3. The molecule has 0 aliphatic heterocycles. The normalized spacial score (nSPS) is 11.1. The molecular weight excluding hydrogens is 236 g/mol. The molecule has 0 aromatic heterocycles. The Kier molecular flexibility index (Phi) is 3.15. The lowest BCUT2D eigenvalue weighted by Gasteiger charge is -2.05. The molecule has 2 aromatic carbocycles. The second-order valence-corrected chi connectivity index (χ2v) is 5.60. The predicted octanol–water partition coefficient (Wildman–Crippen LogP) is 2.68. The monoisotopic (exact) mass is 247 g/mol. The molecule has 1 radical (unpaired) electrons. The van der Waals surface area contributed by atoms with Gasteiger partial charge >= 0.3 is 0 Å². The van der Waals surface area contributed by atoms with Gasteiger partial charge in [0.25, 0.3) is 0 Å². The first kappa shape index (κ1) is 11.7. The summed E-state index contributed by atoms with van der Waals surface area (Å²) in [7, 11) is -3.15. The van der Waals surface area contributed by atoms with Crippen molar-refractivity contribution in [1.82, 2.24) is 0 Å². The lowest BCUT2D eigenvalue weighted by molar-refractivity contribution is 0.482. The van der Waals surface area contributed by atoms with Crippen molar-refractivity contribution in [2.24, 2.45) is 0 Å². The zero-order valence-corrected chi connectivity index (χ0v) is 10.1. The number of benzene rings is 2. The summed E-state index contributed by atoms with van der Waals surface area (Å²) >= 11 is 0. The van der Waals surface area contributed by atoms with E-state index in [4.69, 9.17) is 4.74 Å². The maximum Gasteiger partial charge on any atom is 0.175 e. The van der Waals surface area contributed by atoms with E-state index in [0.717, 1.165) is 0 Å². The first-order chi connectivity index (χ1) is 8.05. The van der Waals surface area contributed by atoms with Crippen LogP contribution >= 0.6 is 0 Å². The van der Waals surface area contributed by atoms with Crippen molar-refractivity contribution in [2.45, 2.75) is 4.90 Å². The SMILES string of the molecule is CS(=O)(=O)c1ccc(Oc2cc[c]cc2)cc1. The second kappa shape index (κ2) is 4.59. The van der Waals surface area contributed by atoms with E-state index >= 15 is 0 Å². The average molecular weight is 247 g/mol. The molecule has 0 aliphatic carbocycles. The Morgan fingerprint density at radius 2 is 1.47 bits per heavy atom. The van der Waals surface area contributed by atoms with Crippen molar-refractivity contribution < 1.29 is 13.2 Å². The van der Waals surface area contributed by atoms with E-state index in [2.05, 4.69) is 6.07 Å². The smallest absolute Gasteiger partial charge is 0.175 e. The van der Waals surface area contributed by atoms with Crippen LogP contribution in [0.25, 0.3) is 0 Å². The predicted molar refractivity (Wildman–Crippen MR) is 64.9 cm³/mol. The summed E-state index contributed by atoms with van der Waals surface area (Å²) in [6, 6.07) is 16.3. The molecule has 0 fully saturated rings. The summed E-state index contributed by atoms with van der Waals surface area (Å²) in [5.41, 5.74) is 0. The van der Waals surface area contributed by atoms with E-state index in [1.54, 1.807) is 36.4 Å². The Morgan fingerprint density at radius 1 is 0.941 bits per heavy atom. The van der Waals surface area contributed by atoms with Gasteiger partial charge in [0.15, 0.2) is 9.84 Å². The summed E-state index contributed by atoms with van der Waals surface area (Å²) in [6.07, 6.45) is 1.18. The Hall–Kier alpha value is -1.81. The van der Waals surface area contributed by atoms with Gasteiger partial charge in [-0.3, -0.25) is 0 Å². The molecule has 0 bridgehead atoms. The summed E-state index contributed by atoms with van der Waals surface area (Å²) < 4.78 is 28.0. The Bertz CT molecular complexity index is 586. The van der Waals surface area contributed by atoms with Crippen LogP contribution in [0.5, 0.6) is 11.5 Å². The van der Waals surface area contributed by atoms with Gasteiger partial charge in [-0.2, -0.15) is 0 Å². The molecule has 87 valence electrons.